The summed E-state index contributed by atoms with van der Waals surface area (Å²) in [6, 6.07) is 15.0. The maximum Gasteiger partial charge on any atom is 0.144 e. The van der Waals surface area contributed by atoms with Crippen LogP contribution in [0.5, 0.6) is 5.75 Å². The van der Waals surface area contributed by atoms with Crippen molar-refractivity contribution in [3.63, 3.8) is 0 Å². The fourth-order valence-electron chi connectivity index (χ4n) is 3.36. The number of benzene rings is 2. The highest BCUT2D eigenvalue weighted by Crippen LogP contribution is 2.27. The van der Waals surface area contributed by atoms with Gasteiger partial charge in [0.1, 0.15) is 24.0 Å². The van der Waals surface area contributed by atoms with Crippen LogP contribution in [0.3, 0.4) is 0 Å². The van der Waals surface area contributed by atoms with Gasteiger partial charge >= 0.3 is 0 Å². The van der Waals surface area contributed by atoms with Gasteiger partial charge < -0.3 is 21.5 Å². The van der Waals surface area contributed by atoms with Crippen LogP contribution in [0.4, 0.5) is 5.69 Å². The molecule has 0 amide bonds. The molecule has 7 nitrogen and oxygen atoms in total. The summed E-state index contributed by atoms with van der Waals surface area (Å²) in [6.07, 6.45) is 2.70. The third-order valence-electron chi connectivity index (χ3n) is 5.06. The molecule has 1 aromatic heterocycles. The topological polar surface area (TPSA) is 134 Å². The normalized spacial score (nSPS) is 10.5. The van der Waals surface area contributed by atoms with Crippen LogP contribution in [0.25, 0.3) is 0 Å². The summed E-state index contributed by atoms with van der Waals surface area (Å²) in [6.45, 7) is 5.02. The Balaban J connectivity index is 1.76. The highest BCUT2D eigenvalue weighted by molar-refractivity contribution is 5.95. The molecule has 1 heterocycles. The Bertz CT molecular complexity index is 1090. The number of nitrogens with two attached hydrogens (primary N) is 2. The molecule has 31 heavy (non-hydrogen) atoms. The number of anilines is 1. The first-order valence-corrected chi connectivity index (χ1v) is 10.1. The predicted octanol–water partition coefficient (Wildman–Crippen LogP) is 3.71. The van der Waals surface area contributed by atoms with Gasteiger partial charge in [-0.25, -0.2) is 0 Å². The zero-order valence-electron chi connectivity index (χ0n) is 17.8. The van der Waals surface area contributed by atoms with E-state index in [9.17, 15) is 0 Å². The first-order valence-electron chi connectivity index (χ1n) is 10.1. The third kappa shape index (κ3) is 5.39. The number of rotatable bonds is 9. The second kappa shape index (κ2) is 9.75. The van der Waals surface area contributed by atoms with Gasteiger partial charge in [0.05, 0.1) is 5.69 Å². The molecule has 0 aliphatic carbocycles. The van der Waals surface area contributed by atoms with Gasteiger partial charge in [0, 0.05) is 35.1 Å². The van der Waals surface area contributed by atoms with Gasteiger partial charge in [0.15, 0.2) is 0 Å². The molecule has 0 saturated carbocycles. The van der Waals surface area contributed by atoms with Crippen molar-refractivity contribution in [2.45, 2.75) is 33.4 Å². The standard InChI is InChI=1S/C24H28N6O/c1-3-21-19(13-30-20-9-7-17(8-10-20)23(25)26)12-29-15(2)22(21)31-14-16-5-4-6-18(11-16)24(27)28/h4-12,30H,3,13-14H2,1-2H3,(H3,25,26)(H3,27,28). The van der Waals surface area contributed by atoms with E-state index in [0.29, 0.717) is 24.3 Å². The molecule has 7 heteroatoms. The van der Waals surface area contributed by atoms with Crippen LogP contribution >= 0.6 is 0 Å². The van der Waals surface area contributed by atoms with E-state index in [0.717, 1.165) is 40.2 Å². The second-order valence-corrected chi connectivity index (χ2v) is 7.28. The quantitative estimate of drug-likeness (QED) is 0.268. The molecule has 3 aromatic rings. The van der Waals surface area contributed by atoms with Crippen molar-refractivity contribution in [1.82, 2.24) is 4.98 Å². The number of hydrogen-bond acceptors (Lipinski definition) is 5. The fraction of sp³-hybridized carbons (Fsp3) is 0.208. The molecule has 7 N–H and O–H groups in total. The summed E-state index contributed by atoms with van der Waals surface area (Å²) in [5.74, 6) is 0.887. The lowest BCUT2D eigenvalue weighted by Crippen LogP contribution is -2.12. The Morgan fingerprint density at radius 1 is 1.03 bits per heavy atom. The molecule has 0 atom stereocenters. The fourth-order valence-corrected chi connectivity index (χ4v) is 3.36. The minimum absolute atomic E-state index is 0.0401. The van der Waals surface area contributed by atoms with E-state index in [1.54, 1.807) is 0 Å². The monoisotopic (exact) mass is 416 g/mol. The number of nitrogen functional groups attached to an aromatic ring is 2. The van der Waals surface area contributed by atoms with E-state index in [-0.39, 0.29) is 11.7 Å². The first kappa shape index (κ1) is 21.8. The SMILES string of the molecule is CCc1c(CNc2ccc(C(=N)N)cc2)cnc(C)c1OCc1cccc(C(=N)N)c1. The van der Waals surface area contributed by atoms with Gasteiger partial charge in [-0.1, -0.05) is 25.1 Å². The van der Waals surface area contributed by atoms with Crippen molar-refractivity contribution in [1.29, 1.82) is 10.8 Å². The Labute approximate surface area is 182 Å². The van der Waals surface area contributed by atoms with Crippen molar-refractivity contribution in [3.8, 4) is 5.75 Å². The van der Waals surface area contributed by atoms with Crippen molar-refractivity contribution in [3.05, 3.63) is 88.2 Å². The third-order valence-corrected chi connectivity index (χ3v) is 5.06. The Kier molecular flexibility index (Phi) is 6.87. The minimum Gasteiger partial charge on any atom is -0.487 e. The molecule has 0 unspecified atom stereocenters. The number of nitrogens with one attached hydrogen (secondary N) is 3. The lowest BCUT2D eigenvalue weighted by molar-refractivity contribution is 0.299. The molecule has 160 valence electrons. The van der Waals surface area contributed by atoms with Crippen LogP contribution in [0, 0.1) is 17.7 Å². The second-order valence-electron chi connectivity index (χ2n) is 7.28. The zero-order chi connectivity index (χ0) is 22.4. The molecular weight excluding hydrogens is 388 g/mol. The summed E-state index contributed by atoms with van der Waals surface area (Å²) in [7, 11) is 0. The largest absolute Gasteiger partial charge is 0.487 e. The van der Waals surface area contributed by atoms with E-state index in [2.05, 4.69) is 17.2 Å². The van der Waals surface area contributed by atoms with Crippen LogP contribution in [0.15, 0.2) is 54.7 Å². The molecule has 3 rings (SSSR count). The Hall–Kier alpha value is -3.87. The van der Waals surface area contributed by atoms with Crippen LogP contribution in [-0.2, 0) is 19.6 Å². The van der Waals surface area contributed by atoms with E-state index in [4.69, 9.17) is 27.0 Å². The highest BCUT2D eigenvalue weighted by atomic mass is 16.5. The summed E-state index contributed by atoms with van der Waals surface area (Å²) < 4.78 is 6.18. The molecule has 0 aliphatic heterocycles. The van der Waals surface area contributed by atoms with Gasteiger partial charge in [0.25, 0.3) is 0 Å². The lowest BCUT2D eigenvalue weighted by atomic mass is 10.0. The number of amidine groups is 2. The average molecular weight is 417 g/mol. The number of nitrogens with zero attached hydrogens (tertiary/aromatic N) is 1. The summed E-state index contributed by atoms with van der Waals surface area (Å²) >= 11 is 0. The van der Waals surface area contributed by atoms with Gasteiger partial charge in [-0.15, -0.1) is 0 Å². The van der Waals surface area contributed by atoms with E-state index >= 15 is 0 Å². The maximum absolute atomic E-state index is 7.61. The molecule has 0 saturated heterocycles. The van der Waals surface area contributed by atoms with Gasteiger partial charge in [-0.2, -0.15) is 0 Å². The minimum atomic E-state index is 0.0401. The molecular formula is C24H28N6O. The average Bonchev–Trinajstić information content (AvgIpc) is 2.77. The van der Waals surface area contributed by atoms with Crippen LogP contribution in [0.1, 0.15) is 40.4 Å². The maximum atomic E-state index is 7.61. The van der Waals surface area contributed by atoms with Crippen molar-refractivity contribution < 1.29 is 4.74 Å². The molecule has 0 aliphatic rings. The van der Waals surface area contributed by atoms with Crippen LogP contribution in [-0.4, -0.2) is 16.7 Å². The molecule has 0 bridgehead atoms. The number of ether oxygens (including phenoxy) is 1. The highest BCUT2D eigenvalue weighted by Gasteiger charge is 2.13. The Morgan fingerprint density at radius 3 is 2.39 bits per heavy atom. The summed E-state index contributed by atoms with van der Waals surface area (Å²) in [5.41, 5.74) is 17.4. The van der Waals surface area contributed by atoms with Gasteiger partial charge in [0.2, 0.25) is 0 Å². The number of pyridine rings is 1. The van der Waals surface area contributed by atoms with Crippen LogP contribution in [0.2, 0.25) is 0 Å². The predicted molar refractivity (Wildman–Crippen MR) is 125 cm³/mol. The van der Waals surface area contributed by atoms with Gasteiger partial charge in [-0.05, 0) is 54.8 Å². The summed E-state index contributed by atoms with van der Waals surface area (Å²) in [4.78, 5) is 4.53. The number of aromatic nitrogens is 1. The molecule has 0 spiro atoms. The molecule has 0 fully saturated rings. The molecule has 0 radical (unpaired) electrons. The smallest absolute Gasteiger partial charge is 0.144 e. The Morgan fingerprint density at radius 2 is 1.74 bits per heavy atom. The van der Waals surface area contributed by atoms with Gasteiger partial charge in [-0.3, -0.25) is 15.8 Å². The first-order chi connectivity index (χ1) is 14.9. The van der Waals surface area contributed by atoms with Crippen molar-refractivity contribution in [2.75, 3.05) is 5.32 Å². The van der Waals surface area contributed by atoms with Crippen LogP contribution < -0.4 is 21.5 Å². The number of hydrogen-bond donors (Lipinski definition) is 5. The zero-order valence-corrected chi connectivity index (χ0v) is 17.8. The number of aryl methyl sites for hydroxylation is 1. The van der Waals surface area contributed by atoms with E-state index in [1.165, 1.54) is 0 Å². The molecule has 2 aromatic carbocycles. The lowest BCUT2D eigenvalue weighted by Gasteiger charge is -2.17. The van der Waals surface area contributed by atoms with E-state index < -0.39 is 0 Å². The van der Waals surface area contributed by atoms with Crippen molar-refractivity contribution >= 4 is 17.4 Å². The summed E-state index contributed by atoms with van der Waals surface area (Å²) in [5, 5.41) is 18.5. The van der Waals surface area contributed by atoms with E-state index in [1.807, 2.05) is 61.7 Å². The van der Waals surface area contributed by atoms with Crippen molar-refractivity contribution in [2.24, 2.45) is 11.5 Å².